The van der Waals surface area contributed by atoms with Gasteiger partial charge in [0.1, 0.15) is 5.75 Å². The van der Waals surface area contributed by atoms with Crippen LogP contribution in [0.25, 0.3) is 0 Å². The van der Waals surface area contributed by atoms with Gasteiger partial charge in [-0.05, 0) is 53.9 Å². The van der Waals surface area contributed by atoms with Crippen LogP contribution in [0.15, 0.2) is 103 Å². The fourth-order valence-electron chi connectivity index (χ4n) is 4.63. The molecule has 1 aliphatic rings. The van der Waals surface area contributed by atoms with Gasteiger partial charge in [0.15, 0.2) is 0 Å². The summed E-state index contributed by atoms with van der Waals surface area (Å²) in [6, 6.07) is 33.6. The number of halogens is 1. The Morgan fingerprint density at radius 1 is 0.882 bits per heavy atom. The smallest absolute Gasteiger partial charge is 0.349 e. The largest absolute Gasteiger partial charge is 0.478 e. The fourth-order valence-corrected chi connectivity index (χ4v) is 4.87. The Balaban J connectivity index is 1.40. The minimum absolute atomic E-state index is 0.254. The predicted molar refractivity (Wildman–Crippen MR) is 135 cm³/mol. The molecule has 4 aromatic rings. The van der Waals surface area contributed by atoms with E-state index < -0.39 is 12.1 Å². The first kappa shape index (κ1) is 22.1. The van der Waals surface area contributed by atoms with Crippen LogP contribution in [0.1, 0.15) is 35.1 Å². The molecular weight excluding hydrogens is 446 g/mol. The van der Waals surface area contributed by atoms with Gasteiger partial charge in [-0.2, -0.15) is 0 Å². The van der Waals surface area contributed by atoms with Crippen molar-refractivity contribution in [2.24, 2.45) is 0 Å². The number of rotatable bonds is 6. The fraction of sp³-hybridized carbons (Fsp3) is 0.138. The van der Waals surface area contributed by atoms with Crippen LogP contribution in [0.5, 0.6) is 5.75 Å². The highest BCUT2D eigenvalue weighted by atomic mass is 35.5. The monoisotopic (exact) mass is 469 g/mol. The molecule has 4 aromatic carbocycles. The zero-order valence-electron chi connectivity index (χ0n) is 18.5. The first-order valence-electron chi connectivity index (χ1n) is 11.3. The van der Waals surface area contributed by atoms with E-state index in [1.807, 2.05) is 30.3 Å². The van der Waals surface area contributed by atoms with Crippen LogP contribution >= 0.6 is 11.6 Å². The van der Waals surface area contributed by atoms with E-state index >= 15 is 0 Å². The Morgan fingerprint density at radius 3 is 2.29 bits per heavy atom. The second-order valence-electron chi connectivity index (χ2n) is 8.31. The van der Waals surface area contributed by atoms with Crippen molar-refractivity contribution in [3.05, 3.63) is 125 Å². The van der Waals surface area contributed by atoms with E-state index in [1.165, 1.54) is 22.5 Å². The van der Waals surface area contributed by atoms with Crippen molar-refractivity contribution < 1.29 is 14.6 Å². The molecule has 0 fully saturated rings. The molecule has 170 valence electrons. The Morgan fingerprint density at radius 2 is 1.56 bits per heavy atom. The van der Waals surface area contributed by atoms with Crippen molar-refractivity contribution in [3.8, 4) is 5.75 Å². The number of hydrogen-bond donors (Lipinski definition) is 1. The Hall–Kier alpha value is -3.76. The number of carboxylic acids is 1. The number of hydrogen-bond acceptors (Lipinski definition) is 3. The van der Waals surface area contributed by atoms with Gasteiger partial charge < -0.3 is 14.7 Å². The molecule has 5 rings (SSSR count). The van der Waals surface area contributed by atoms with Crippen LogP contribution in [-0.2, 0) is 4.79 Å². The molecule has 0 aromatic heterocycles. The SMILES string of the molecule is O=C(O)C(Oc1ccc(C2CCN(c3ccccc3)c3ccccc32)cc1)c1ccccc1Cl. The number of carboxylic acid groups (broad SMARTS) is 1. The quantitative estimate of drug-likeness (QED) is 0.324. The van der Waals surface area contributed by atoms with E-state index in [1.54, 1.807) is 24.3 Å². The molecule has 0 radical (unpaired) electrons. The number of fused-ring (bicyclic) bond motifs is 1. The lowest BCUT2D eigenvalue weighted by Gasteiger charge is -2.36. The van der Waals surface area contributed by atoms with Crippen molar-refractivity contribution >= 4 is 28.9 Å². The molecule has 0 spiro atoms. The van der Waals surface area contributed by atoms with Crippen molar-refractivity contribution in [2.45, 2.75) is 18.4 Å². The lowest BCUT2D eigenvalue weighted by Crippen LogP contribution is -2.27. The highest BCUT2D eigenvalue weighted by Crippen LogP contribution is 2.42. The Bertz CT molecular complexity index is 1290. The molecule has 0 bridgehead atoms. The van der Waals surface area contributed by atoms with E-state index in [-0.39, 0.29) is 5.92 Å². The third kappa shape index (κ3) is 4.37. The number of carbonyl (C=O) groups is 1. The summed E-state index contributed by atoms with van der Waals surface area (Å²) in [7, 11) is 0. The molecule has 5 heteroatoms. The molecule has 0 aliphatic carbocycles. The van der Waals surface area contributed by atoms with E-state index in [2.05, 4.69) is 53.4 Å². The minimum atomic E-state index is -1.17. The maximum absolute atomic E-state index is 11.9. The number of aliphatic carboxylic acids is 1. The van der Waals surface area contributed by atoms with Gasteiger partial charge in [0.25, 0.3) is 0 Å². The lowest BCUT2D eigenvalue weighted by molar-refractivity contribution is -0.145. The summed E-state index contributed by atoms with van der Waals surface area (Å²) in [4.78, 5) is 14.2. The number of ether oxygens (including phenoxy) is 1. The normalized spacial score (nSPS) is 15.9. The molecule has 1 aliphatic heterocycles. The summed E-state index contributed by atoms with van der Waals surface area (Å²) in [6.07, 6.45) is -0.196. The first-order valence-corrected chi connectivity index (χ1v) is 11.6. The van der Waals surface area contributed by atoms with Gasteiger partial charge in [-0.1, -0.05) is 78.3 Å². The van der Waals surface area contributed by atoms with Gasteiger partial charge >= 0.3 is 5.97 Å². The summed E-state index contributed by atoms with van der Waals surface area (Å²) in [5.41, 5.74) is 5.30. The zero-order valence-corrected chi connectivity index (χ0v) is 19.2. The molecule has 1 heterocycles. The van der Waals surface area contributed by atoms with Crippen molar-refractivity contribution in [1.29, 1.82) is 0 Å². The summed E-state index contributed by atoms with van der Waals surface area (Å²) in [6.45, 7) is 0.914. The van der Waals surface area contributed by atoms with Crippen molar-refractivity contribution in [3.63, 3.8) is 0 Å². The van der Waals surface area contributed by atoms with E-state index in [0.29, 0.717) is 16.3 Å². The van der Waals surface area contributed by atoms with Crippen LogP contribution in [0.2, 0.25) is 5.02 Å². The highest BCUT2D eigenvalue weighted by Gasteiger charge is 2.28. The van der Waals surface area contributed by atoms with Crippen LogP contribution in [0.3, 0.4) is 0 Å². The topological polar surface area (TPSA) is 49.8 Å². The summed E-state index contributed by atoms with van der Waals surface area (Å²) in [5, 5.41) is 10.1. The molecule has 34 heavy (non-hydrogen) atoms. The van der Waals surface area contributed by atoms with E-state index in [0.717, 1.165) is 13.0 Å². The molecule has 2 atom stereocenters. The van der Waals surface area contributed by atoms with Gasteiger partial charge in [0.05, 0.1) is 0 Å². The van der Waals surface area contributed by atoms with Crippen LogP contribution in [0, 0.1) is 0 Å². The molecule has 0 saturated heterocycles. The second-order valence-corrected chi connectivity index (χ2v) is 8.72. The predicted octanol–water partition coefficient (Wildman–Crippen LogP) is 7.22. The third-order valence-electron chi connectivity index (χ3n) is 6.26. The molecule has 4 nitrogen and oxygen atoms in total. The molecular formula is C29H24ClNO3. The highest BCUT2D eigenvalue weighted by molar-refractivity contribution is 6.31. The Kier molecular flexibility index (Phi) is 6.24. The molecule has 0 amide bonds. The summed E-state index contributed by atoms with van der Waals surface area (Å²) < 4.78 is 5.84. The van der Waals surface area contributed by atoms with Gasteiger partial charge in [-0.25, -0.2) is 4.79 Å². The van der Waals surface area contributed by atoms with Crippen LogP contribution < -0.4 is 9.64 Å². The van der Waals surface area contributed by atoms with Crippen LogP contribution in [-0.4, -0.2) is 17.6 Å². The maximum atomic E-state index is 11.9. The van der Waals surface area contributed by atoms with E-state index in [9.17, 15) is 9.90 Å². The Labute approximate surface area is 204 Å². The van der Waals surface area contributed by atoms with Crippen LogP contribution in [0.4, 0.5) is 11.4 Å². The van der Waals surface area contributed by atoms with Gasteiger partial charge in [-0.3, -0.25) is 0 Å². The maximum Gasteiger partial charge on any atom is 0.349 e. The van der Waals surface area contributed by atoms with Gasteiger partial charge in [0, 0.05) is 34.4 Å². The molecule has 1 N–H and O–H groups in total. The first-order chi connectivity index (χ1) is 16.6. The summed E-state index contributed by atoms with van der Waals surface area (Å²) in [5.74, 6) is -0.338. The number of anilines is 2. The molecule has 2 unspecified atom stereocenters. The number of nitrogens with zero attached hydrogens (tertiary/aromatic N) is 1. The average Bonchev–Trinajstić information content (AvgIpc) is 2.88. The van der Waals surface area contributed by atoms with E-state index in [4.69, 9.17) is 16.3 Å². The minimum Gasteiger partial charge on any atom is -0.478 e. The number of para-hydroxylation sites is 2. The summed E-state index contributed by atoms with van der Waals surface area (Å²) >= 11 is 6.21. The lowest BCUT2D eigenvalue weighted by atomic mass is 9.84. The number of benzene rings is 4. The van der Waals surface area contributed by atoms with Gasteiger partial charge in [0.2, 0.25) is 6.10 Å². The van der Waals surface area contributed by atoms with Gasteiger partial charge in [-0.15, -0.1) is 0 Å². The zero-order chi connectivity index (χ0) is 23.5. The average molecular weight is 470 g/mol. The molecule has 0 saturated carbocycles. The standard InChI is InChI=1S/C29H24ClNO3/c30-26-12-6-4-11-25(26)28(29(32)33)34-22-16-14-20(15-17-22)23-18-19-31(21-8-2-1-3-9-21)27-13-7-5-10-24(23)27/h1-17,23,28H,18-19H2,(H,32,33). The third-order valence-corrected chi connectivity index (χ3v) is 6.60. The van der Waals surface area contributed by atoms with Crippen molar-refractivity contribution in [1.82, 2.24) is 0 Å². The second kappa shape index (κ2) is 9.62. The van der Waals surface area contributed by atoms with Crippen molar-refractivity contribution in [2.75, 3.05) is 11.4 Å².